The second kappa shape index (κ2) is 5.94. The van der Waals surface area contributed by atoms with Gasteiger partial charge in [-0.3, -0.25) is 0 Å². The monoisotopic (exact) mass is 253 g/mol. The van der Waals surface area contributed by atoms with Crippen molar-refractivity contribution in [3.8, 4) is 0 Å². The van der Waals surface area contributed by atoms with Crippen LogP contribution >= 0.6 is 11.3 Å². The first kappa shape index (κ1) is 13.0. The van der Waals surface area contributed by atoms with Crippen molar-refractivity contribution >= 4 is 11.3 Å². The molecule has 0 aliphatic carbocycles. The van der Waals surface area contributed by atoms with Crippen molar-refractivity contribution in [3.63, 3.8) is 0 Å². The third kappa shape index (κ3) is 3.27. The largest absolute Gasteiger partial charge is 0.305 e. The molecule has 1 aliphatic rings. The molecule has 4 heteroatoms. The summed E-state index contributed by atoms with van der Waals surface area (Å²) in [5.41, 5.74) is 0. The molecule has 2 rings (SSSR count). The topological polar surface area (TPSA) is 28.2 Å². The van der Waals surface area contributed by atoms with Gasteiger partial charge in [0.15, 0.2) is 0 Å². The molecule has 1 N–H and O–H groups in total. The van der Waals surface area contributed by atoms with Crippen LogP contribution in [0.3, 0.4) is 0 Å². The molecule has 1 aromatic rings. The standard InChI is InChI=1S/C13H23N3S/c1-4-12(13-14-6-8-17-13)15-11-5-7-16(3)10(2)9-11/h6,8,10-12,15H,4-5,7,9H2,1-3H3. The van der Waals surface area contributed by atoms with Gasteiger partial charge in [-0.25, -0.2) is 4.98 Å². The zero-order valence-corrected chi connectivity index (χ0v) is 11.8. The maximum absolute atomic E-state index is 4.43. The molecule has 96 valence electrons. The van der Waals surface area contributed by atoms with Crippen molar-refractivity contribution in [3.05, 3.63) is 16.6 Å². The summed E-state index contributed by atoms with van der Waals surface area (Å²) in [5.74, 6) is 0. The van der Waals surface area contributed by atoms with E-state index in [4.69, 9.17) is 0 Å². The Morgan fingerprint density at radius 3 is 3.06 bits per heavy atom. The predicted molar refractivity (Wildman–Crippen MR) is 73.4 cm³/mol. The van der Waals surface area contributed by atoms with E-state index in [9.17, 15) is 0 Å². The van der Waals surface area contributed by atoms with E-state index >= 15 is 0 Å². The van der Waals surface area contributed by atoms with Crippen LogP contribution in [-0.2, 0) is 0 Å². The molecule has 1 aromatic heterocycles. The number of thiazole rings is 1. The number of nitrogens with one attached hydrogen (secondary N) is 1. The summed E-state index contributed by atoms with van der Waals surface area (Å²) < 4.78 is 0. The maximum atomic E-state index is 4.43. The van der Waals surface area contributed by atoms with Crippen LogP contribution in [0.2, 0.25) is 0 Å². The molecular weight excluding hydrogens is 230 g/mol. The molecular formula is C13H23N3S. The number of rotatable bonds is 4. The lowest BCUT2D eigenvalue weighted by Gasteiger charge is -2.36. The first-order valence-corrected chi connectivity index (χ1v) is 7.44. The van der Waals surface area contributed by atoms with Crippen LogP contribution in [0.15, 0.2) is 11.6 Å². The minimum atomic E-state index is 0.440. The molecule has 0 radical (unpaired) electrons. The Labute approximate surface area is 108 Å². The number of aromatic nitrogens is 1. The van der Waals surface area contributed by atoms with Gasteiger partial charge in [0.1, 0.15) is 5.01 Å². The first-order valence-electron chi connectivity index (χ1n) is 6.56. The fourth-order valence-electron chi connectivity index (χ4n) is 2.50. The van der Waals surface area contributed by atoms with E-state index in [-0.39, 0.29) is 0 Å². The Bertz CT molecular complexity index is 325. The lowest BCUT2D eigenvalue weighted by molar-refractivity contribution is 0.161. The third-order valence-corrected chi connectivity index (χ3v) is 4.69. The number of likely N-dealkylation sites (tertiary alicyclic amines) is 1. The number of piperidine rings is 1. The van der Waals surface area contributed by atoms with Crippen LogP contribution < -0.4 is 5.32 Å². The quantitative estimate of drug-likeness (QED) is 0.894. The average Bonchev–Trinajstić information content (AvgIpc) is 2.84. The van der Waals surface area contributed by atoms with Gasteiger partial charge in [-0.15, -0.1) is 11.3 Å². The lowest BCUT2D eigenvalue weighted by Crippen LogP contribution is -2.46. The second-order valence-corrected chi connectivity index (χ2v) is 5.97. The Morgan fingerprint density at radius 1 is 1.65 bits per heavy atom. The first-order chi connectivity index (χ1) is 8.20. The van der Waals surface area contributed by atoms with Crippen LogP contribution in [0.5, 0.6) is 0 Å². The molecule has 3 nitrogen and oxygen atoms in total. The van der Waals surface area contributed by atoms with E-state index < -0.39 is 0 Å². The summed E-state index contributed by atoms with van der Waals surface area (Å²) in [4.78, 5) is 6.88. The SMILES string of the molecule is CCC(NC1CCN(C)C(C)C1)c1nccs1. The highest BCUT2D eigenvalue weighted by Crippen LogP contribution is 2.23. The van der Waals surface area contributed by atoms with Crippen molar-refractivity contribution in [2.45, 2.75) is 51.2 Å². The van der Waals surface area contributed by atoms with Crippen molar-refractivity contribution in [1.29, 1.82) is 0 Å². The molecule has 3 unspecified atom stereocenters. The van der Waals surface area contributed by atoms with Gasteiger partial charge in [-0.1, -0.05) is 6.92 Å². The summed E-state index contributed by atoms with van der Waals surface area (Å²) in [7, 11) is 2.22. The molecule has 3 atom stereocenters. The van der Waals surface area contributed by atoms with Crippen molar-refractivity contribution < 1.29 is 0 Å². The highest BCUT2D eigenvalue weighted by Gasteiger charge is 2.25. The summed E-state index contributed by atoms with van der Waals surface area (Å²) in [5, 5.41) is 7.08. The van der Waals surface area contributed by atoms with Crippen molar-refractivity contribution in [2.24, 2.45) is 0 Å². The van der Waals surface area contributed by atoms with Gasteiger partial charge in [0.2, 0.25) is 0 Å². The maximum Gasteiger partial charge on any atom is 0.109 e. The van der Waals surface area contributed by atoms with E-state index in [1.807, 2.05) is 6.20 Å². The molecule has 1 aliphatic heterocycles. The molecule has 0 spiro atoms. The zero-order chi connectivity index (χ0) is 12.3. The van der Waals surface area contributed by atoms with Crippen LogP contribution in [-0.4, -0.2) is 35.6 Å². The number of hydrogen-bond acceptors (Lipinski definition) is 4. The Kier molecular flexibility index (Phi) is 4.54. The van der Waals surface area contributed by atoms with Gasteiger partial charge in [0, 0.05) is 23.7 Å². The fraction of sp³-hybridized carbons (Fsp3) is 0.769. The zero-order valence-electron chi connectivity index (χ0n) is 11.0. The number of hydrogen-bond donors (Lipinski definition) is 1. The lowest BCUT2D eigenvalue weighted by atomic mass is 9.98. The Balaban J connectivity index is 1.91. The molecule has 2 heterocycles. The smallest absolute Gasteiger partial charge is 0.109 e. The molecule has 0 aromatic carbocycles. The highest BCUT2D eigenvalue weighted by molar-refractivity contribution is 7.09. The van der Waals surface area contributed by atoms with E-state index in [0.29, 0.717) is 18.1 Å². The van der Waals surface area contributed by atoms with Gasteiger partial charge >= 0.3 is 0 Å². The summed E-state index contributed by atoms with van der Waals surface area (Å²) in [6.07, 6.45) is 5.52. The van der Waals surface area contributed by atoms with Gasteiger partial charge in [-0.2, -0.15) is 0 Å². The van der Waals surface area contributed by atoms with Gasteiger partial charge in [0.05, 0.1) is 6.04 Å². The Hall–Kier alpha value is -0.450. The van der Waals surface area contributed by atoms with Crippen LogP contribution in [0.25, 0.3) is 0 Å². The van der Waals surface area contributed by atoms with Gasteiger partial charge in [-0.05, 0) is 39.8 Å². The van der Waals surface area contributed by atoms with Gasteiger partial charge < -0.3 is 10.2 Å². The molecule has 0 amide bonds. The van der Waals surface area contributed by atoms with E-state index in [1.54, 1.807) is 11.3 Å². The molecule has 17 heavy (non-hydrogen) atoms. The van der Waals surface area contributed by atoms with E-state index in [1.165, 1.54) is 24.4 Å². The molecule has 0 bridgehead atoms. The van der Waals surface area contributed by atoms with E-state index in [0.717, 1.165) is 6.42 Å². The minimum Gasteiger partial charge on any atom is -0.305 e. The summed E-state index contributed by atoms with van der Waals surface area (Å²) in [6, 6.07) is 1.78. The van der Waals surface area contributed by atoms with E-state index in [2.05, 4.69) is 41.5 Å². The number of nitrogens with zero attached hydrogens (tertiary/aromatic N) is 2. The second-order valence-electron chi connectivity index (χ2n) is 5.05. The predicted octanol–water partition coefficient (Wildman–Crippen LogP) is 2.67. The average molecular weight is 253 g/mol. The van der Waals surface area contributed by atoms with Crippen LogP contribution in [0, 0.1) is 0 Å². The fourth-order valence-corrected chi connectivity index (χ4v) is 3.28. The summed E-state index contributed by atoms with van der Waals surface area (Å²) >= 11 is 1.76. The normalized spacial score (nSPS) is 28.2. The van der Waals surface area contributed by atoms with Crippen LogP contribution in [0.4, 0.5) is 0 Å². The van der Waals surface area contributed by atoms with Crippen LogP contribution in [0.1, 0.15) is 44.2 Å². The molecule has 1 fully saturated rings. The summed E-state index contributed by atoms with van der Waals surface area (Å²) in [6.45, 7) is 5.75. The van der Waals surface area contributed by atoms with Crippen molar-refractivity contribution in [2.75, 3.05) is 13.6 Å². The highest BCUT2D eigenvalue weighted by atomic mass is 32.1. The Morgan fingerprint density at radius 2 is 2.47 bits per heavy atom. The van der Waals surface area contributed by atoms with Crippen molar-refractivity contribution in [1.82, 2.24) is 15.2 Å². The van der Waals surface area contributed by atoms with Gasteiger partial charge in [0.25, 0.3) is 0 Å². The molecule has 0 saturated carbocycles. The molecule has 1 saturated heterocycles. The third-order valence-electron chi connectivity index (χ3n) is 3.80. The minimum absolute atomic E-state index is 0.440.